The van der Waals surface area contributed by atoms with Crippen LogP contribution in [0.2, 0.25) is 0 Å². The molecule has 1 saturated heterocycles. The molecule has 0 aliphatic carbocycles. The number of ether oxygens (including phenoxy) is 1. The number of carbonyl (C=O) groups excluding carboxylic acids is 1. The number of hydrogen-bond donors (Lipinski definition) is 1. The van der Waals surface area contributed by atoms with E-state index in [2.05, 4.69) is 12.2 Å². The fourth-order valence-corrected chi connectivity index (χ4v) is 2.04. The third-order valence-corrected chi connectivity index (χ3v) is 3.09. The Morgan fingerprint density at radius 1 is 1.24 bits per heavy atom. The molecule has 1 rings (SSSR count). The first-order chi connectivity index (χ1) is 7.84. The molecule has 1 fully saturated rings. The Labute approximate surface area is 111 Å². The van der Waals surface area contributed by atoms with Crippen LogP contribution in [-0.2, 0) is 9.53 Å². The summed E-state index contributed by atoms with van der Waals surface area (Å²) in [5.41, 5.74) is 0. The van der Waals surface area contributed by atoms with Crippen molar-refractivity contribution in [3.8, 4) is 0 Å². The third-order valence-electron chi connectivity index (χ3n) is 3.09. The van der Waals surface area contributed by atoms with E-state index in [0.29, 0.717) is 6.61 Å². The summed E-state index contributed by atoms with van der Waals surface area (Å²) in [5, 5.41) is 3.15. The van der Waals surface area contributed by atoms with E-state index >= 15 is 0 Å². The SMILES string of the molecule is CCCCCCCCOC(=O)C1CCCN1.Cl. The third kappa shape index (κ3) is 7.61. The molecule has 0 aromatic heterocycles. The van der Waals surface area contributed by atoms with Crippen molar-refractivity contribution in [2.75, 3.05) is 13.2 Å². The van der Waals surface area contributed by atoms with Gasteiger partial charge >= 0.3 is 5.97 Å². The van der Waals surface area contributed by atoms with Crippen molar-refractivity contribution in [2.24, 2.45) is 0 Å². The van der Waals surface area contributed by atoms with Gasteiger partial charge in [0, 0.05) is 0 Å². The van der Waals surface area contributed by atoms with E-state index in [9.17, 15) is 4.79 Å². The minimum absolute atomic E-state index is 0. The van der Waals surface area contributed by atoms with Crippen molar-refractivity contribution in [3.63, 3.8) is 0 Å². The van der Waals surface area contributed by atoms with Gasteiger partial charge in [-0.25, -0.2) is 0 Å². The van der Waals surface area contributed by atoms with Gasteiger partial charge < -0.3 is 10.1 Å². The molecular formula is C13H26ClNO2. The summed E-state index contributed by atoms with van der Waals surface area (Å²) in [6, 6.07) is -0.0277. The lowest BCUT2D eigenvalue weighted by atomic mass is 10.1. The quantitative estimate of drug-likeness (QED) is 0.540. The number of rotatable bonds is 8. The fraction of sp³-hybridized carbons (Fsp3) is 0.923. The molecular weight excluding hydrogens is 238 g/mol. The van der Waals surface area contributed by atoms with Gasteiger partial charge in [-0.1, -0.05) is 39.0 Å². The fourth-order valence-electron chi connectivity index (χ4n) is 2.04. The highest BCUT2D eigenvalue weighted by molar-refractivity contribution is 5.85. The van der Waals surface area contributed by atoms with Crippen LogP contribution in [-0.4, -0.2) is 25.2 Å². The molecule has 0 amide bonds. The van der Waals surface area contributed by atoms with Crippen LogP contribution < -0.4 is 5.32 Å². The number of esters is 1. The highest BCUT2D eigenvalue weighted by Crippen LogP contribution is 2.08. The Morgan fingerprint density at radius 3 is 2.59 bits per heavy atom. The monoisotopic (exact) mass is 263 g/mol. The average molecular weight is 264 g/mol. The lowest BCUT2D eigenvalue weighted by Crippen LogP contribution is -2.32. The Hall–Kier alpha value is -0.280. The maximum atomic E-state index is 11.5. The molecule has 3 nitrogen and oxygen atoms in total. The maximum Gasteiger partial charge on any atom is 0.323 e. The summed E-state index contributed by atoms with van der Waals surface area (Å²) < 4.78 is 5.23. The van der Waals surface area contributed by atoms with E-state index < -0.39 is 0 Å². The zero-order valence-electron chi connectivity index (χ0n) is 10.9. The van der Waals surface area contributed by atoms with Gasteiger partial charge in [0.05, 0.1) is 6.61 Å². The van der Waals surface area contributed by atoms with Gasteiger partial charge in [0.2, 0.25) is 0 Å². The minimum Gasteiger partial charge on any atom is -0.465 e. The second kappa shape index (κ2) is 10.8. The van der Waals surface area contributed by atoms with E-state index in [1.165, 1.54) is 32.1 Å². The van der Waals surface area contributed by atoms with Gasteiger partial charge in [-0.2, -0.15) is 0 Å². The van der Waals surface area contributed by atoms with Crippen molar-refractivity contribution in [1.29, 1.82) is 0 Å². The number of hydrogen-bond acceptors (Lipinski definition) is 3. The first-order valence-corrected chi connectivity index (χ1v) is 6.74. The molecule has 1 heterocycles. The smallest absolute Gasteiger partial charge is 0.323 e. The molecule has 0 radical (unpaired) electrons. The van der Waals surface area contributed by atoms with Crippen molar-refractivity contribution in [1.82, 2.24) is 5.32 Å². The molecule has 1 N–H and O–H groups in total. The van der Waals surface area contributed by atoms with E-state index in [1.807, 2.05) is 0 Å². The molecule has 0 aromatic rings. The van der Waals surface area contributed by atoms with Crippen molar-refractivity contribution in [3.05, 3.63) is 0 Å². The minimum atomic E-state index is -0.0499. The van der Waals surface area contributed by atoms with Crippen LogP contribution in [0, 0.1) is 0 Å². The molecule has 17 heavy (non-hydrogen) atoms. The summed E-state index contributed by atoms with van der Waals surface area (Å²) in [5.74, 6) is -0.0499. The predicted molar refractivity (Wildman–Crippen MR) is 72.6 cm³/mol. The average Bonchev–Trinajstić information content (AvgIpc) is 2.81. The molecule has 1 aliphatic rings. The van der Waals surface area contributed by atoms with Gasteiger partial charge in [0.15, 0.2) is 0 Å². The summed E-state index contributed by atoms with van der Waals surface area (Å²) in [7, 11) is 0. The Morgan fingerprint density at radius 2 is 1.94 bits per heavy atom. The molecule has 0 spiro atoms. The van der Waals surface area contributed by atoms with Crippen LogP contribution in [0.4, 0.5) is 0 Å². The Balaban J connectivity index is 0.00000256. The Bertz CT molecular complexity index is 194. The van der Waals surface area contributed by atoms with Crippen LogP contribution in [0.3, 0.4) is 0 Å². The summed E-state index contributed by atoms with van der Waals surface area (Å²) in [6.07, 6.45) is 9.43. The molecule has 0 saturated carbocycles. The van der Waals surface area contributed by atoms with Crippen molar-refractivity contribution < 1.29 is 9.53 Å². The zero-order valence-corrected chi connectivity index (χ0v) is 11.7. The van der Waals surface area contributed by atoms with Gasteiger partial charge in [0.25, 0.3) is 0 Å². The topological polar surface area (TPSA) is 38.3 Å². The highest BCUT2D eigenvalue weighted by Gasteiger charge is 2.22. The molecule has 102 valence electrons. The van der Waals surface area contributed by atoms with Crippen LogP contribution >= 0.6 is 12.4 Å². The van der Waals surface area contributed by atoms with Gasteiger partial charge in [0.1, 0.15) is 6.04 Å². The zero-order chi connectivity index (χ0) is 11.6. The summed E-state index contributed by atoms with van der Waals surface area (Å²) in [6.45, 7) is 3.77. The standard InChI is InChI=1S/C13H25NO2.ClH/c1-2-3-4-5-6-7-11-16-13(15)12-9-8-10-14-12;/h12,14H,2-11H2,1H3;1H. The second-order valence-corrected chi connectivity index (χ2v) is 4.58. The molecule has 0 bridgehead atoms. The molecule has 1 atom stereocenters. The summed E-state index contributed by atoms with van der Waals surface area (Å²) >= 11 is 0. The molecule has 1 aliphatic heterocycles. The molecule has 1 unspecified atom stereocenters. The first kappa shape index (κ1) is 16.7. The molecule has 4 heteroatoms. The Kier molecular flexibility index (Phi) is 10.7. The van der Waals surface area contributed by atoms with Crippen molar-refractivity contribution in [2.45, 2.75) is 64.3 Å². The lowest BCUT2D eigenvalue weighted by molar-refractivity contribution is -0.145. The summed E-state index contributed by atoms with van der Waals surface area (Å²) in [4.78, 5) is 11.5. The maximum absolute atomic E-state index is 11.5. The molecule has 0 aromatic carbocycles. The largest absolute Gasteiger partial charge is 0.465 e. The van der Waals surface area contributed by atoms with E-state index in [4.69, 9.17) is 4.74 Å². The first-order valence-electron chi connectivity index (χ1n) is 6.74. The number of unbranched alkanes of at least 4 members (excludes halogenated alkanes) is 5. The van der Waals surface area contributed by atoms with Crippen LogP contribution in [0.5, 0.6) is 0 Å². The highest BCUT2D eigenvalue weighted by atomic mass is 35.5. The van der Waals surface area contributed by atoms with Gasteiger partial charge in [-0.3, -0.25) is 4.79 Å². The van der Waals surface area contributed by atoms with Crippen LogP contribution in [0.1, 0.15) is 58.3 Å². The van der Waals surface area contributed by atoms with E-state index in [-0.39, 0.29) is 24.4 Å². The van der Waals surface area contributed by atoms with E-state index in [0.717, 1.165) is 25.8 Å². The lowest BCUT2D eigenvalue weighted by Gasteiger charge is -2.09. The predicted octanol–water partition coefficient (Wildman–Crippen LogP) is 3.06. The number of halogens is 1. The number of nitrogens with one attached hydrogen (secondary N) is 1. The van der Waals surface area contributed by atoms with E-state index in [1.54, 1.807) is 0 Å². The normalized spacial score (nSPS) is 18.8. The second-order valence-electron chi connectivity index (χ2n) is 4.58. The van der Waals surface area contributed by atoms with Crippen molar-refractivity contribution >= 4 is 18.4 Å². The van der Waals surface area contributed by atoms with Crippen LogP contribution in [0.15, 0.2) is 0 Å². The number of carbonyl (C=O) groups is 1. The van der Waals surface area contributed by atoms with Crippen LogP contribution in [0.25, 0.3) is 0 Å². The van der Waals surface area contributed by atoms with Gasteiger partial charge in [-0.05, 0) is 25.8 Å². The van der Waals surface area contributed by atoms with Gasteiger partial charge in [-0.15, -0.1) is 12.4 Å².